The molecule has 0 radical (unpaired) electrons. The van der Waals surface area contributed by atoms with E-state index in [0.717, 1.165) is 19.3 Å². The van der Waals surface area contributed by atoms with Crippen LogP contribution in [0.1, 0.15) is 53.4 Å². The smallest absolute Gasteiger partial charge is 0.157 e. The predicted octanol–water partition coefficient (Wildman–Crippen LogP) is 3.31. The third-order valence-electron chi connectivity index (χ3n) is 2.64. The first-order chi connectivity index (χ1) is 6.49. The summed E-state index contributed by atoms with van der Waals surface area (Å²) in [5.41, 5.74) is -0.784. The van der Waals surface area contributed by atoms with E-state index in [1.807, 2.05) is 13.8 Å². The topological polar surface area (TPSA) is 29.5 Å². The van der Waals surface area contributed by atoms with Crippen molar-refractivity contribution in [1.29, 1.82) is 0 Å². The average Bonchev–Trinajstić information content (AvgIpc) is 2.16. The Bertz CT molecular complexity index is 152. The first-order valence-corrected chi connectivity index (χ1v) is 5.92. The lowest BCUT2D eigenvalue weighted by atomic mass is 9.97. The van der Waals surface area contributed by atoms with Crippen LogP contribution in [0.3, 0.4) is 0 Å². The highest BCUT2D eigenvalue weighted by atomic mass is 35.5. The molecule has 0 aromatic carbocycles. The Morgan fingerprint density at radius 3 is 2.29 bits per heavy atom. The normalized spacial score (nSPS) is 20.1. The van der Waals surface area contributed by atoms with Crippen LogP contribution >= 0.6 is 11.6 Å². The molecule has 0 spiro atoms. The second-order valence-corrected chi connectivity index (χ2v) is 4.43. The Kier molecular flexibility index (Phi) is 6.75. The molecule has 0 aliphatic rings. The molecule has 2 nitrogen and oxygen atoms in total. The zero-order valence-electron chi connectivity index (χ0n) is 9.72. The van der Waals surface area contributed by atoms with Crippen LogP contribution in [-0.4, -0.2) is 22.4 Å². The maximum Gasteiger partial charge on any atom is 0.157 e. The lowest BCUT2D eigenvalue weighted by Gasteiger charge is -2.32. The molecule has 0 aromatic rings. The Labute approximate surface area is 92.6 Å². The van der Waals surface area contributed by atoms with Gasteiger partial charge in [0, 0.05) is 0 Å². The van der Waals surface area contributed by atoms with Gasteiger partial charge >= 0.3 is 0 Å². The lowest BCUT2D eigenvalue weighted by molar-refractivity contribution is -0.0974. The van der Waals surface area contributed by atoms with E-state index < -0.39 is 11.7 Å². The van der Waals surface area contributed by atoms with Crippen LogP contribution in [-0.2, 0) is 4.74 Å². The van der Waals surface area contributed by atoms with Crippen molar-refractivity contribution >= 4 is 11.6 Å². The van der Waals surface area contributed by atoms with Crippen molar-refractivity contribution in [1.82, 2.24) is 0 Å². The highest BCUT2D eigenvalue weighted by Crippen LogP contribution is 2.26. The van der Waals surface area contributed by atoms with E-state index in [-0.39, 0.29) is 5.60 Å². The predicted molar refractivity (Wildman–Crippen MR) is 60.6 cm³/mol. The van der Waals surface area contributed by atoms with Crippen molar-refractivity contribution in [3.05, 3.63) is 0 Å². The Morgan fingerprint density at radius 1 is 1.36 bits per heavy atom. The highest BCUT2D eigenvalue weighted by molar-refractivity contribution is 6.20. The summed E-state index contributed by atoms with van der Waals surface area (Å²) in [5, 5.41) is 9.50. The molecule has 0 amide bonds. The van der Waals surface area contributed by atoms with Gasteiger partial charge in [0.15, 0.2) is 5.56 Å². The molecule has 0 saturated carbocycles. The Morgan fingerprint density at radius 2 is 1.93 bits per heavy atom. The van der Waals surface area contributed by atoms with E-state index >= 15 is 0 Å². The van der Waals surface area contributed by atoms with Crippen molar-refractivity contribution in [2.24, 2.45) is 0 Å². The molecule has 3 unspecified atom stereocenters. The minimum atomic E-state index is -0.587. The van der Waals surface area contributed by atoms with Crippen LogP contribution < -0.4 is 0 Å². The second-order valence-electron chi connectivity index (χ2n) is 4.00. The van der Waals surface area contributed by atoms with Gasteiger partial charge < -0.3 is 9.84 Å². The number of alkyl halides is 1. The van der Waals surface area contributed by atoms with Crippen LogP contribution in [0.4, 0.5) is 0 Å². The van der Waals surface area contributed by atoms with Crippen LogP contribution in [0.5, 0.6) is 0 Å². The summed E-state index contributed by atoms with van der Waals surface area (Å²) in [6.07, 6.45) is 3.01. The maximum absolute atomic E-state index is 9.50. The number of halogens is 1. The van der Waals surface area contributed by atoms with Gasteiger partial charge in [-0.05, 0) is 26.2 Å². The number of aliphatic hydroxyl groups excluding tert-OH is 1. The van der Waals surface area contributed by atoms with Crippen LogP contribution in [0.2, 0.25) is 0 Å². The third kappa shape index (κ3) is 4.63. The van der Waals surface area contributed by atoms with E-state index in [2.05, 4.69) is 13.8 Å². The van der Waals surface area contributed by atoms with E-state index in [9.17, 15) is 5.11 Å². The fourth-order valence-electron chi connectivity index (χ4n) is 1.38. The summed E-state index contributed by atoms with van der Waals surface area (Å²) in [4.78, 5) is 0. The third-order valence-corrected chi connectivity index (χ3v) is 3.02. The summed E-state index contributed by atoms with van der Waals surface area (Å²) in [6, 6.07) is 0. The molecule has 0 aliphatic heterocycles. The van der Waals surface area contributed by atoms with Gasteiger partial charge in [0.1, 0.15) is 0 Å². The molecule has 14 heavy (non-hydrogen) atoms. The number of aliphatic hydroxyl groups is 1. The standard InChI is InChI=1S/C11H23ClO2/c1-5-8-11(4,7-3)14-10(12)9(13)6-2/h9-10,13H,5-8H2,1-4H3. The monoisotopic (exact) mass is 222 g/mol. The molecule has 0 fully saturated rings. The molecule has 0 saturated heterocycles. The van der Waals surface area contributed by atoms with Crippen LogP contribution in [0, 0.1) is 0 Å². The van der Waals surface area contributed by atoms with Crippen molar-refractivity contribution < 1.29 is 9.84 Å². The summed E-state index contributed by atoms with van der Waals surface area (Å²) in [6.45, 7) is 8.15. The maximum atomic E-state index is 9.50. The minimum Gasteiger partial charge on any atom is -0.389 e. The molecule has 86 valence electrons. The average molecular weight is 223 g/mol. The second kappa shape index (κ2) is 6.65. The summed E-state index contributed by atoms with van der Waals surface area (Å²) in [7, 11) is 0. The van der Waals surface area contributed by atoms with E-state index in [4.69, 9.17) is 16.3 Å². The first-order valence-electron chi connectivity index (χ1n) is 5.49. The van der Waals surface area contributed by atoms with Crippen LogP contribution in [0.15, 0.2) is 0 Å². The molecule has 0 rings (SSSR count). The molecule has 0 bridgehead atoms. The van der Waals surface area contributed by atoms with Crippen molar-refractivity contribution in [2.45, 2.75) is 70.6 Å². The fourth-order valence-corrected chi connectivity index (χ4v) is 1.78. The number of hydrogen-bond donors (Lipinski definition) is 1. The fraction of sp³-hybridized carbons (Fsp3) is 1.00. The van der Waals surface area contributed by atoms with Gasteiger partial charge in [0.25, 0.3) is 0 Å². The molecular weight excluding hydrogens is 200 g/mol. The SMILES string of the molecule is CCCC(C)(CC)OC(Cl)C(O)CC. The largest absolute Gasteiger partial charge is 0.389 e. The van der Waals surface area contributed by atoms with Crippen LogP contribution in [0.25, 0.3) is 0 Å². The quantitative estimate of drug-likeness (QED) is 0.670. The van der Waals surface area contributed by atoms with Crippen molar-refractivity contribution in [2.75, 3.05) is 0 Å². The lowest BCUT2D eigenvalue weighted by Crippen LogP contribution is -2.36. The van der Waals surface area contributed by atoms with Crippen molar-refractivity contribution in [3.8, 4) is 0 Å². The van der Waals surface area contributed by atoms with Gasteiger partial charge in [-0.25, -0.2) is 0 Å². The van der Waals surface area contributed by atoms with Crippen molar-refractivity contribution in [3.63, 3.8) is 0 Å². The van der Waals surface area contributed by atoms with Gasteiger partial charge in [-0.2, -0.15) is 0 Å². The van der Waals surface area contributed by atoms with Gasteiger partial charge in [-0.1, -0.05) is 38.8 Å². The Balaban J connectivity index is 4.15. The van der Waals surface area contributed by atoms with E-state index in [1.54, 1.807) is 0 Å². The van der Waals surface area contributed by atoms with Gasteiger partial charge in [-0.15, -0.1) is 0 Å². The molecule has 0 heterocycles. The van der Waals surface area contributed by atoms with Gasteiger partial charge in [0.05, 0.1) is 11.7 Å². The van der Waals surface area contributed by atoms with E-state index in [0.29, 0.717) is 6.42 Å². The molecular formula is C11H23ClO2. The summed E-state index contributed by atoms with van der Waals surface area (Å²) >= 11 is 5.96. The number of hydrogen-bond acceptors (Lipinski definition) is 2. The molecule has 0 aromatic heterocycles. The Hall–Kier alpha value is 0.210. The minimum absolute atomic E-state index is 0.197. The summed E-state index contributed by atoms with van der Waals surface area (Å²) < 4.78 is 5.70. The molecule has 0 aliphatic carbocycles. The van der Waals surface area contributed by atoms with Gasteiger partial charge in [-0.3, -0.25) is 0 Å². The highest BCUT2D eigenvalue weighted by Gasteiger charge is 2.28. The van der Waals surface area contributed by atoms with Gasteiger partial charge in [0.2, 0.25) is 0 Å². The van der Waals surface area contributed by atoms with E-state index in [1.165, 1.54) is 0 Å². The first kappa shape index (κ1) is 14.2. The number of ether oxygens (including phenoxy) is 1. The zero-order valence-corrected chi connectivity index (χ0v) is 10.5. The number of rotatable bonds is 7. The zero-order chi connectivity index (χ0) is 11.2. The molecule has 3 atom stereocenters. The molecule has 3 heteroatoms. The molecule has 1 N–H and O–H groups in total. The summed E-state index contributed by atoms with van der Waals surface area (Å²) in [5.74, 6) is 0.